The summed E-state index contributed by atoms with van der Waals surface area (Å²) in [5.74, 6) is 1.48. The molecule has 4 heteroatoms. The molecule has 19 heavy (non-hydrogen) atoms. The third-order valence-electron chi connectivity index (χ3n) is 4.25. The Morgan fingerprint density at radius 1 is 1.37 bits per heavy atom. The normalized spacial score (nSPS) is 25.7. The van der Waals surface area contributed by atoms with Crippen LogP contribution in [0.5, 0.6) is 0 Å². The molecule has 108 valence electrons. The fourth-order valence-corrected chi connectivity index (χ4v) is 3.19. The summed E-state index contributed by atoms with van der Waals surface area (Å²) in [5.41, 5.74) is 0. The summed E-state index contributed by atoms with van der Waals surface area (Å²) in [5, 5.41) is 17.8. The summed E-state index contributed by atoms with van der Waals surface area (Å²) >= 11 is 0. The van der Waals surface area contributed by atoms with Gasteiger partial charge in [-0.3, -0.25) is 4.68 Å². The van der Waals surface area contributed by atoms with Gasteiger partial charge in [0.25, 0.3) is 0 Å². The molecule has 2 N–H and O–H groups in total. The van der Waals surface area contributed by atoms with Gasteiger partial charge in [-0.05, 0) is 30.7 Å². The molecular formula is C15H27N3O. The van der Waals surface area contributed by atoms with Gasteiger partial charge in [-0.15, -0.1) is 0 Å². The maximum absolute atomic E-state index is 10.1. The highest BCUT2D eigenvalue weighted by atomic mass is 16.3. The molecule has 0 radical (unpaired) electrons. The Balaban J connectivity index is 1.76. The second kappa shape index (κ2) is 7.06. The molecule has 3 atom stereocenters. The van der Waals surface area contributed by atoms with E-state index in [2.05, 4.69) is 24.3 Å². The summed E-state index contributed by atoms with van der Waals surface area (Å²) in [7, 11) is 0. The lowest BCUT2D eigenvalue weighted by Crippen LogP contribution is -2.44. The Kier molecular flexibility index (Phi) is 5.40. The average molecular weight is 265 g/mol. The molecular weight excluding hydrogens is 238 g/mol. The first-order valence-corrected chi connectivity index (χ1v) is 7.55. The van der Waals surface area contributed by atoms with E-state index < -0.39 is 0 Å². The Morgan fingerprint density at radius 2 is 2.16 bits per heavy atom. The molecule has 0 aromatic carbocycles. The van der Waals surface area contributed by atoms with Crippen molar-refractivity contribution in [1.82, 2.24) is 15.1 Å². The van der Waals surface area contributed by atoms with Crippen LogP contribution in [0.1, 0.15) is 39.5 Å². The van der Waals surface area contributed by atoms with E-state index in [4.69, 9.17) is 0 Å². The number of rotatable bonds is 6. The molecule has 1 fully saturated rings. The van der Waals surface area contributed by atoms with E-state index >= 15 is 0 Å². The SMILES string of the molecule is CC(C)C1CCCCC1NCC(O)Cn1cccn1. The number of aromatic nitrogens is 2. The number of nitrogens with zero attached hydrogens (tertiary/aromatic N) is 2. The second-order valence-electron chi connectivity index (χ2n) is 6.09. The van der Waals surface area contributed by atoms with Crippen molar-refractivity contribution >= 4 is 0 Å². The van der Waals surface area contributed by atoms with Gasteiger partial charge in [-0.2, -0.15) is 5.10 Å². The van der Waals surface area contributed by atoms with Crippen molar-refractivity contribution in [2.45, 2.75) is 58.2 Å². The third kappa shape index (κ3) is 4.32. The Hall–Kier alpha value is -0.870. The highest BCUT2D eigenvalue weighted by molar-refractivity contribution is 4.84. The van der Waals surface area contributed by atoms with Crippen LogP contribution < -0.4 is 5.32 Å². The van der Waals surface area contributed by atoms with Crippen molar-refractivity contribution in [3.05, 3.63) is 18.5 Å². The standard InChI is InChI=1S/C15H27N3O/c1-12(2)14-6-3-4-7-15(14)16-10-13(19)11-18-9-5-8-17-18/h5,8-9,12-16,19H,3-4,6-7,10-11H2,1-2H3. The first kappa shape index (κ1) is 14.5. The zero-order valence-electron chi connectivity index (χ0n) is 12.1. The van der Waals surface area contributed by atoms with Crippen molar-refractivity contribution in [3.63, 3.8) is 0 Å². The number of nitrogens with one attached hydrogen (secondary N) is 1. The molecule has 1 aromatic heterocycles. The molecule has 1 aliphatic carbocycles. The summed E-state index contributed by atoms with van der Waals surface area (Å²) in [6.07, 6.45) is 8.51. The summed E-state index contributed by atoms with van der Waals surface area (Å²) in [6.45, 7) is 5.85. The van der Waals surface area contributed by atoms with Crippen molar-refractivity contribution in [1.29, 1.82) is 0 Å². The van der Waals surface area contributed by atoms with Gasteiger partial charge in [-0.1, -0.05) is 26.7 Å². The van der Waals surface area contributed by atoms with Gasteiger partial charge in [0.2, 0.25) is 0 Å². The predicted molar refractivity (Wildman–Crippen MR) is 76.8 cm³/mol. The summed E-state index contributed by atoms with van der Waals surface area (Å²) in [4.78, 5) is 0. The Morgan fingerprint density at radius 3 is 2.84 bits per heavy atom. The van der Waals surface area contributed by atoms with Crippen LogP contribution in [-0.4, -0.2) is 33.6 Å². The maximum atomic E-state index is 10.1. The topological polar surface area (TPSA) is 50.1 Å². The second-order valence-corrected chi connectivity index (χ2v) is 6.09. The van der Waals surface area contributed by atoms with E-state index in [1.807, 2.05) is 12.3 Å². The fraction of sp³-hybridized carbons (Fsp3) is 0.800. The molecule has 1 aliphatic rings. The number of aliphatic hydroxyl groups excluding tert-OH is 1. The van der Waals surface area contributed by atoms with E-state index in [0.29, 0.717) is 19.1 Å². The van der Waals surface area contributed by atoms with Crippen molar-refractivity contribution in [2.75, 3.05) is 6.54 Å². The van der Waals surface area contributed by atoms with Crippen LogP contribution >= 0.6 is 0 Å². The molecule has 2 rings (SSSR count). The third-order valence-corrected chi connectivity index (χ3v) is 4.25. The molecule has 4 nitrogen and oxygen atoms in total. The molecule has 0 spiro atoms. The monoisotopic (exact) mass is 265 g/mol. The lowest BCUT2D eigenvalue weighted by molar-refractivity contribution is 0.125. The highest BCUT2D eigenvalue weighted by Crippen LogP contribution is 2.30. The van der Waals surface area contributed by atoms with Crippen molar-refractivity contribution in [3.8, 4) is 0 Å². The van der Waals surface area contributed by atoms with Gasteiger partial charge in [0.1, 0.15) is 0 Å². The molecule has 0 saturated heterocycles. The summed E-state index contributed by atoms with van der Waals surface area (Å²) in [6, 6.07) is 2.46. The lowest BCUT2D eigenvalue weighted by atomic mass is 9.78. The smallest absolute Gasteiger partial charge is 0.0860 e. The van der Waals surface area contributed by atoms with Crippen LogP contribution in [0, 0.1) is 11.8 Å². The zero-order chi connectivity index (χ0) is 13.7. The minimum Gasteiger partial charge on any atom is -0.390 e. The largest absolute Gasteiger partial charge is 0.390 e. The van der Waals surface area contributed by atoms with Crippen molar-refractivity contribution in [2.24, 2.45) is 11.8 Å². The molecule has 3 unspecified atom stereocenters. The van der Waals surface area contributed by atoms with Gasteiger partial charge < -0.3 is 10.4 Å². The molecule has 0 amide bonds. The molecule has 0 aliphatic heterocycles. The van der Waals surface area contributed by atoms with Gasteiger partial charge in [-0.25, -0.2) is 0 Å². The number of aliphatic hydroxyl groups is 1. The van der Waals surface area contributed by atoms with E-state index in [0.717, 1.165) is 11.8 Å². The van der Waals surface area contributed by atoms with Crippen LogP contribution in [0.3, 0.4) is 0 Å². The van der Waals surface area contributed by atoms with Gasteiger partial charge in [0.15, 0.2) is 0 Å². The minimum absolute atomic E-state index is 0.366. The Labute approximate surface area is 116 Å². The molecule has 1 aromatic rings. The van der Waals surface area contributed by atoms with Crippen molar-refractivity contribution < 1.29 is 5.11 Å². The van der Waals surface area contributed by atoms with Gasteiger partial charge in [0, 0.05) is 25.0 Å². The van der Waals surface area contributed by atoms with E-state index in [-0.39, 0.29) is 6.10 Å². The van der Waals surface area contributed by atoms with E-state index in [9.17, 15) is 5.11 Å². The van der Waals surface area contributed by atoms with E-state index in [1.54, 1.807) is 10.9 Å². The van der Waals surface area contributed by atoms with Crippen LogP contribution in [0.4, 0.5) is 0 Å². The quantitative estimate of drug-likeness (QED) is 0.827. The molecule has 1 saturated carbocycles. The average Bonchev–Trinajstić information content (AvgIpc) is 2.89. The molecule has 0 bridgehead atoms. The van der Waals surface area contributed by atoms with Crippen LogP contribution in [0.2, 0.25) is 0 Å². The molecule has 1 heterocycles. The lowest BCUT2D eigenvalue weighted by Gasteiger charge is -2.35. The van der Waals surface area contributed by atoms with Crippen LogP contribution in [0.15, 0.2) is 18.5 Å². The minimum atomic E-state index is -0.366. The highest BCUT2D eigenvalue weighted by Gasteiger charge is 2.27. The maximum Gasteiger partial charge on any atom is 0.0860 e. The fourth-order valence-electron chi connectivity index (χ4n) is 3.19. The zero-order valence-corrected chi connectivity index (χ0v) is 12.1. The Bertz CT molecular complexity index is 350. The number of hydrogen-bond acceptors (Lipinski definition) is 3. The number of hydrogen-bond donors (Lipinski definition) is 2. The van der Waals surface area contributed by atoms with E-state index in [1.165, 1.54) is 25.7 Å². The summed E-state index contributed by atoms with van der Waals surface area (Å²) < 4.78 is 1.78. The first-order valence-electron chi connectivity index (χ1n) is 7.55. The van der Waals surface area contributed by atoms with Crippen LogP contribution in [0.25, 0.3) is 0 Å². The predicted octanol–water partition coefficient (Wildman–Crippen LogP) is 2.05. The first-order chi connectivity index (χ1) is 9.16. The van der Waals surface area contributed by atoms with Crippen LogP contribution in [-0.2, 0) is 6.54 Å². The van der Waals surface area contributed by atoms with Gasteiger partial charge in [0.05, 0.1) is 12.6 Å². The van der Waals surface area contributed by atoms with Gasteiger partial charge >= 0.3 is 0 Å².